The van der Waals surface area contributed by atoms with Crippen molar-refractivity contribution in [2.24, 2.45) is 12.0 Å². The van der Waals surface area contributed by atoms with E-state index in [1.165, 1.54) is 5.56 Å². The van der Waals surface area contributed by atoms with Gasteiger partial charge in [0, 0.05) is 25.9 Å². The molecule has 1 heterocycles. The predicted molar refractivity (Wildman–Crippen MR) is 72.8 cm³/mol. The lowest BCUT2D eigenvalue weighted by Gasteiger charge is -2.02. The molecule has 0 unspecified atom stereocenters. The van der Waals surface area contributed by atoms with Crippen molar-refractivity contribution in [3.05, 3.63) is 41.7 Å². The molecule has 2 aromatic rings. The van der Waals surface area contributed by atoms with Crippen LogP contribution in [-0.2, 0) is 13.5 Å². The van der Waals surface area contributed by atoms with Crippen LogP contribution in [-0.4, -0.2) is 23.1 Å². The summed E-state index contributed by atoms with van der Waals surface area (Å²) in [7, 11) is 3.58. The molecule has 18 heavy (non-hydrogen) atoms. The number of para-hydroxylation sites is 2. The number of aromatic nitrogens is 2. The number of methoxy groups -OCH3 is 1. The topological polar surface area (TPSA) is 39.4 Å². The summed E-state index contributed by atoms with van der Waals surface area (Å²) in [6, 6.07) is 7.72. The summed E-state index contributed by atoms with van der Waals surface area (Å²) in [5, 5.41) is 4.30. The zero-order valence-electron chi connectivity index (χ0n) is 10.9. The Morgan fingerprint density at radius 2 is 2.17 bits per heavy atom. The molecule has 4 nitrogen and oxygen atoms in total. The third kappa shape index (κ3) is 2.77. The Morgan fingerprint density at radius 3 is 2.83 bits per heavy atom. The Bertz CT molecular complexity index is 558. The van der Waals surface area contributed by atoms with Gasteiger partial charge in [-0.1, -0.05) is 12.1 Å². The van der Waals surface area contributed by atoms with E-state index in [-0.39, 0.29) is 0 Å². The number of hydrogen-bond donors (Lipinski definition) is 0. The van der Waals surface area contributed by atoms with Gasteiger partial charge in [-0.25, -0.2) is 0 Å². The highest BCUT2D eigenvalue weighted by molar-refractivity contribution is 5.68. The minimum Gasteiger partial charge on any atom is -0.494 e. The molecule has 0 aliphatic carbocycles. The van der Waals surface area contributed by atoms with Crippen LogP contribution in [0.15, 0.2) is 35.5 Å². The van der Waals surface area contributed by atoms with Crippen molar-refractivity contribution >= 4 is 11.9 Å². The van der Waals surface area contributed by atoms with Crippen LogP contribution >= 0.6 is 0 Å². The van der Waals surface area contributed by atoms with Gasteiger partial charge in [0.2, 0.25) is 0 Å². The standard InChI is InChI=1S/C14H17N3O/c1-11-12(10-17(2)16-11)8-9-15-13-6-4-5-7-14(13)18-3/h4-7,9-10H,8H2,1-3H3. The van der Waals surface area contributed by atoms with E-state index < -0.39 is 0 Å². The molecule has 1 aromatic heterocycles. The monoisotopic (exact) mass is 243 g/mol. The van der Waals surface area contributed by atoms with Gasteiger partial charge < -0.3 is 4.74 Å². The van der Waals surface area contributed by atoms with E-state index in [1.807, 2.05) is 55.3 Å². The van der Waals surface area contributed by atoms with Crippen molar-refractivity contribution < 1.29 is 4.74 Å². The normalized spacial score (nSPS) is 11.1. The van der Waals surface area contributed by atoms with Crippen LogP contribution < -0.4 is 4.74 Å². The van der Waals surface area contributed by atoms with E-state index in [4.69, 9.17) is 4.74 Å². The Labute approximate surface area is 107 Å². The molecular weight excluding hydrogens is 226 g/mol. The number of hydrogen-bond acceptors (Lipinski definition) is 3. The predicted octanol–water partition coefficient (Wildman–Crippen LogP) is 2.68. The van der Waals surface area contributed by atoms with Crippen LogP contribution in [0.2, 0.25) is 0 Å². The van der Waals surface area contributed by atoms with Gasteiger partial charge in [-0.3, -0.25) is 9.67 Å². The van der Waals surface area contributed by atoms with Crippen LogP contribution in [0.25, 0.3) is 0 Å². The Balaban J connectivity index is 2.10. The van der Waals surface area contributed by atoms with Crippen molar-refractivity contribution in [1.82, 2.24) is 9.78 Å². The van der Waals surface area contributed by atoms with E-state index in [0.29, 0.717) is 0 Å². The Kier molecular flexibility index (Phi) is 3.77. The second-order valence-electron chi connectivity index (χ2n) is 4.10. The molecule has 0 aliphatic rings. The maximum atomic E-state index is 5.25. The van der Waals surface area contributed by atoms with Gasteiger partial charge in [-0.15, -0.1) is 0 Å². The smallest absolute Gasteiger partial charge is 0.144 e. The second kappa shape index (κ2) is 5.49. The fourth-order valence-corrected chi connectivity index (χ4v) is 1.83. The summed E-state index contributed by atoms with van der Waals surface area (Å²) in [4.78, 5) is 4.44. The van der Waals surface area contributed by atoms with E-state index in [0.717, 1.165) is 23.6 Å². The van der Waals surface area contributed by atoms with Gasteiger partial charge in [-0.05, 0) is 24.6 Å². The quantitative estimate of drug-likeness (QED) is 0.774. The first kappa shape index (κ1) is 12.4. The minimum atomic E-state index is 0.776. The number of benzene rings is 1. The third-order valence-corrected chi connectivity index (χ3v) is 2.74. The molecular formula is C14H17N3O. The van der Waals surface area contributed by atoms with Crippen molar-refractivity contribution in [3.63, 3.8) is 0 Å². The van der Waals surface area contributed by atoms with E-state index in [1.54, 1.807) is 7.11 Å². The molecule has 0 radical (unpaired) electrons. The Morgan fingerprint density at radius 1 is 1.39 bits per heavy atom. The molecule has 0 amide bonds. The summed E-state index contributed by atoms with van der Waals surface area (Å²) < 4.78 is 7.07. The number of aryl methyl sites for hydroxylation is 2. The molecule has 0 bridgehead atoms. The SMILES string of the molecule is COc1ccccc1N=CCc1cn(C)nc1C. The zero-order chi connectivity index (χ0) is 13.0. The van der Waals surface area contributed by atoms with Gasteiger partial charge >= 0.3 is 0 Å². The molecule has 0 aliphatic heterocycles. The lowest BCUT2D eigenvalue weighted by molar-refractivity contribution is 0.416. The third-order valence-electron chi connectivity index (χ3n) is 2.74. The molecule has 0 saturated carbocycles. The van der Waals surface area contributed by atoms with Crippen molar-refractivity contribution in [1.29, 1.82) is 0 Å². The average Bonchev–Trinajstić information content (AvgIpc) is 2.68. The number of rotatable bonds is 4. The fourth-order valence-electron chi connectivity index (χ4n) is 1.83. The average molecular weight is 243 g/mol. The van der Waals surface area contributed by atoms with Crippen LogP contribution in [0.4, 0.5) is 5.69 Å². The molecule has 2 rings (SSSR count). The summed E-state index contributed by atoms with van der Waals surface area (Å²) in [5.41, 5.74) is 3.08. The molecule has 0 spiro atoms. The van der Waals surface area contributed by atoms with Crippen molar-refractivity contribution in [3.8, 4) is 5.75 Å². The highest BCUT2D eigenvalue weighted by atomic mass is 16.5. The zero-order valence-corrected chi connectivity index (χ0v) is 10.9. The van der Waals surface area contributed by atoms with E-state index in [2.05, 4.69) is 10.1 Å². The van der Waals surface area contributed by atoms with E-state index >= 15 is 0 Å². The molecule has 0 saturated heterocycles. The van der Waals surface area contributed by atoms with Crippen molar-refractivity contribution in [2.45, 2.75) is 13.3 Å². The van der Waals surface area contributed by atoms with Crippen LogP contribution in [0, 0.1) is 6.92 Å². The lowest BCUT2D eigenvalue weighted by Crippen LogP contribution is -1.87. The molecule has 4 heteroatoms. The molecule has 1 aromatic carbocycles. The number of nitrogens with zero attached hydrogens (tertiary/aromatic N) is 3. The Hall–Kier alpha value is -2.10. The first-order valence-electron chi connectivity index (χ1n) is 5.85. The second-order valence-corrected chi connectivity index (χ2v) is 4.10. The fraction of sp³-hybridized carbons (Fsp3) is 0.286. The van der Waals surface area contributed by atoms with Gasteiger partial charge in [0.05, 0.1) is 12.8 Å². The molecule has 0 N–H and O–H groups in total. The highest BCUT2D eigenvalue weighted by Crippen LogP contribution is 2.25. The van der Waals surface area contributed by atoms with Crippen LogP contribution in [0.5, 0.6) is 5.75 Å². The largest absolute Gasteiger partial charge is 0.494 e. The van der Waals surface area contributed by atoms with Gasteiger partial charge in [0.1, 0.15) is 11.4 Å². The van der Waals surface area contributed by atoms with Crippen molar-refractivity contribution in [2.75, 3.05) is 7.11 Å². The summed E-state index contributed by atoms with van der Waals surface area (Å²) in [6.45, 7) is 2.01. The number of ether oxygens (including phenoxy) is 1. The van der Waals surface area contributed by atoms with Gasteiger partial charge in [0.25, 0.3) is 0 Å². The first-order valence-corrected chi connectivity index (χ1v) is 5.85. The highest BCUT2D eigenvalue weighted by Gasteiger charge is 2.01. The van der Waals surface area contributed by atoms with Crippen LogP contribution in [0.1, 0.15) is 11.3 Å². The summed E-state index contributed by atoms with van der Waals surface area (Å²) in [6.07, 6.45) is 4.68. The van der Waals surface area contributed by atoms with E-state index in [9.17, 15) is 0 Å². The minimum absolute atomic E-state index is 0.776. The maximum absolute atomic E-state index is 5.25. The number of aliphatic imine (C=N–C) groups is 1. The molecule has 0 atom stereocenters. The lowest BCUT2D eigenvalue weighted by atomic mass is 10.2. The van der Waals surface area contributed by atoms with Gasteiger partial charge in [0.15, 0.2) is 0 Å². The van der Waals surface area contributed by atoms with Gasteiger partial charge in [-0.2, -0.15) is 5.10 Å². The summed E-state index contributed by atoms with van der Waals surface area (Å²) in [5.74, 6) is 0.789. The molecule has 0 fully saturated rings. The molecule has 94 valence electrons. The summed E-state index contributed by atoms with van der Waals surface area (Å²) >= 11 is 0. The van der Waals surface area contributed by atoms with Crippen LogP contribution in [0.3, 0.4) is 0 Å². The first-order chi connectivity index (χ1) is 8.70. The maximum Gasteiger partial charge on any atom is 0.144 e.